The zero-order chi connectivity index (χ0) is 6.62. The van der Waals surface area contributed by atoms with Gasteiger partial charge >= 0.3 is 0 Å². The Kier molecular flexibility index (Phi) is 8.78. The van der Waals surface area contributed by atoms with Gasteiger partial charge in [-0.3, -0.25) is 8.90 Å². The first-order valence-electron chi connectivity index (χ1n) is 1.85. The van der Waals surface area contributed by atoms with Gasteiger partial charge in [0.2, 0.25) is 0 Å². The number of halogens is 1. The average Bonchev–Trinajstić information content (AvgIpc) is 1.59. The largest absolute Gasteiger partial charge is 0.286 e. The van der Waals surface area contributed by atoms with Gasteiger partial charge < -0.3 is 0 Å². The van der Waals surface area contributed by atoms with Crippen LogP contribution in [0, 0.1) is 0 Å². The van der Waals surface area contributed by atoms with E-state index in [9.17, 15) is 8.42 Å². The molecule has 0 aromatic carbocycles. The van der Waals surface area contributed by atoms with Gasteiger partial charge in [0, 0.05) is 52.2 Å². The number of hydrogen-bond acceptors (Lipinski definition) is 3. The van der Waals surface area contributed by atoms with Crippen LogP contribution in [0.25, 0.3) is 0 Å². The quantitative estimate of drug-likeness (QED) is 0.383. The second-order valence-corrected chi connectivity index (χ2v) is 3.30. The molecule has 0 saturated heterocycles. The van der Waals surface area contributed by atoms with Crippen molar-refractivity contribution in [1.29, 1.82) is 0 Å². The van der Waals surface area contributed by atoms with Gasteiger partial charge in [-0.25, -0.2) is 0 Å². The molecule has 0 atom stereocenters. The summed E-state index contributed by atoms with van der Waals surface area (Å²) in [4.78, 5) is 0. The van der Waals surface area contributed by atoms with Gasteiger partial charge in [-0.15, -0.1) is 0 Å². The van der Waals surface area contributed by atoms with Gasteiger partial charge in [-0.1, -0.05) is 0 Å². The van der Waals surface area contributed by atoms with Crippen molar-refractivity contribution in [2.24, 2.45) is 0 Å². The van der Waals surface area contributed by atoms with Crippen LogP contribution in [0.5, 0.6) is 0 Å². The fourth-order valence-electron chi connectivity index (χ4n) is 0.168. The fraction of sp³-hybridized carbons (Fsp3) is 1.00. The first-order valence-corrected chi connectivity index (χ1v) is 4.25. The van der Waals surface area contributed by atoms with Crippen LogP contribution in [-0.4, -0.2) is 54.8 Å². The van der Waals surface area contributed by atoms with Crippen molar-refractivity contribution < 1.29 is 13.0 Å². The van der Waals surface area contributed by atoms with E-state index < -0.39 is 10.1 Å². The Bertz CT molecular complexity index is 146. The number of rotatable bonds is 3. The molecule has 0 heterocycles. The van der Waals surface area contributed by atoms with E-state index in [0.29, 0.717) is 0 Å². The molecule has 2 N–H and O–H groups in total. The van der Waals surface area contributed by atoms with Crippen molar-refractivity contribution in [3.8, 4) is 0 Å². The van der Waals surface area contributed by atoms with Crippen LogP contribution in [0.4, 0.5) is 0 Å². The van der Waals surface area contributed by atoms with Crippen molar-refractivity contribution >= 4 is 55.8 Å². The Morgan fingerprint density at radius 3 is 2.11 bits per heavy atom. The Morgan fingerprint density at radius 1 is 1.56 bits per heavy atom. The zero-order valence-electron chi connectivity index (χ0n) is 4.96. The smallest absolute Gasteiger partial charge is 0.266 e. The summed E-state index contributed by atoms with van der Waals surface area (Å²) >= 11 is 2.78. The Balaban J connectivity index is 0. The van der Waals surface area contributed by atoms with Crippen LogP contribution in [0.1, 0.15) is 0 Å². The maximum absolute atomic E-state index is 9.88. The minimum Gasteiger partial charge on any atom is -0.286 e. The Hall–Kier alpha value is 1.35. The van der Waals surface area contributed by atoms with Gasteiger partial charge in [0.25, 0.3) is 10.1 Å². The molecule has 9 heavy (non-hydrogen) atoms. The van der Waals surface area contributed by atoms with E-state index in [1.165, 1.54) is 0 Å². The van der Waals surface area contributed by atoms with E-state index in [0.717, 1.165) is 0 Å². The summed E-state index contributed by atoms with van der Waals surface area (Å²) in [6, 6.07) is 0. The SMILES string of the molecule is O=S(=O)(O)CCNBr.[Na]. The average molecular weight is 227 g/mol. The molecule has 0 aliphatic rings. The molecule has 0 aliphatic carbocycles. The van der Waals surface area contributed by atoms with Crippen LogP contribution in [0.15, 0.2) is 0 Å². The molecule has 4 nitrogen and oxygen atoms in total. The van der Waals surface area contributed by atoms with Gasteiger partial charge in [0.1, 0.15) is 0 Å². The van der Waals surface area contributed by atoms with Crippen LogP contribution < -0.4 is 4.34 Å². The molecule has 0 fully saturated rings. The summed E-state index contributed by atoms with van der Waals surface area (Å²) in [6.45, 7) is 0.207. The molecule has 1 radical (unpaired) electrons. The minimum atomic E-state index is -3.78. The first-order chi connectivity index (χ1) is 3.56. The zero-order valence-corrected chi connectivity index (χ0v) is 9.37. The topological polar surface area (TPSA) is 66.4 Å². The minimum absolute atomic E-state index is 0. The number of hydrogen-bond donors (Lipinski definition) is 2. The van der Waals surface area contributed by atoms with Crippen LogP contribution in [0.2, 0.25) is 0 Å². The molecule has 0 aromatic rings. The molecular formula is C2H6BrNNaO3S. The third-order valence-corrected chi connectivity index (χ3v) is 1.57. The normalized spacial score (nSPS) is 10.4. The molecule has 0 rings (SSSR count). The molecule has 51 valence electrons. The van der Waals surface area contributed by atoms with Crippen molar-refractivity contribution in [1.82, 2.24) is 4.34 Å². The second-order valence-electron chi connectivity index (χ2n) is 1.17. The van der Waals surface area contributed by atoms with Crippen molar-refractivity contribution in [2.75, 3.05) is 12.3 Å². The van der Waals surface area contributed by atoms with Crippen molar-refractivity contribution in [2.45, 2.75) is 0 Å². The summed E-state index contributed by atoms with van der Waals surface area (Å²) in [5, 5.41) is 0. The summed E-state index contributed by atoms with van der Waals surface area (Å²) in [7, 11) is -3.78. The predicted molar refractivity (Wildman–Crippen MR) is 39.1 cm³/mol. The van der Waals surface area contributed by atoms with Crippen LogP contribution in [0.3, 0.4) is 0 Å². The summed E-state index contributed by atoms with van der Waals surface area (Å²) in [6.07, 6.45) is 0. The predicted octanol–water partition coefficient (Wildman–Crippen LogP) is -0.607. The van der Waals surface area contributed by atoms with Gasteiger partial charge in [-0.05, 0) is 0 Å². The summed E-state index contributed by atoms with van der Waals surface area (Å²) in [5.74, 6) is -0.266. The molecule has 0 aliphatic heterocycles. The summed E-state index contributed by atoms with van der Waals surface area (Å²) < 4.78 is 30.2. The van der Waals surface area contributed by atoms with E-state index in [4.69, 9.17) is 4.55 Å². The van der Waals surface area contributed by atoms with Gasteiger partial charge in [-0.2, -0.15) is 8.42 Å². The standard InChI is InChI=1S/C2H6BrNO3S.Na/c3-4-1-2-8(5,6)7;/h4H,1-2H2,(H,5,6,7);. The second kappa shape index (κ2) is 6.09. The van der Waals surface area contributed by atoms with E-state index >= 15 is 0 Å². The van der Waals surface area contributed by atoms with Crippen LogP contribution in [-0.2, 0) is 10.1 Å². The maximum Gasteiger partial charge on any atom is 0.266 e. The van der Waals surface area contributed by atoms with Gasteiger partial charge in [0.05, 0.1) is 5.75 Å². The van der Waals surface area contributed by atoms with E-state index in [2.05, 4.69) is 20.5 Å². The monoisotopic (exact) mass is 226 g/mol. The molecule has 0 spiro atoms. The van der Waals surface area contributed by atoms with E-state index in [1.54, 1.807) is 0 Å². The molecular weight excluding hydrogens is 221 g/mol. The Labute approximate surface area is 84.8 Å². The van der Waals surface area contributed by atoms with E-state index in [1.807, 2.05) is 0 Å². The van der Waals surface area contributed by atoms with Crippen molar-refractivity contribution in [3.63, 3.8) is 0 Å². The molecule has 0 bridgehead atoms. The Morgan fingerprint density at radius 2 is 2.00 bits per heavy atom. The first kappa shape index (κ1) is 13.0. The van der Waals surface area contributed by atoms with E-state index in [-0.39, 0.29) is 41.9 Å². The molecule has 0 aromatic heterocycles. The molecule has 7 heteroatoms. The van der Waals surface area contributed by atoms with Gasteiger partial charge in [0.15, 0.2) is 0 Å². The fourth-order valence-corrected chi connectivity index (χ4v) is 0.988. The summed E-state index contributed by atoms with van der Waals surface area (Å²) in [5.41, 5.74) is 0. The number of nitrogens with one attached hydrogen (secondary N) is 1. The molecule has 0 amide bonds. The maximum atomic E-state index is 9.88. The van der Waals surface area contributed by atoms with Crippen LogP contribution >= 0.6 is 16.1 Å². The van der Waals surface area contributed by atoms with Crippen molar-refractivity contribution in [3.05, 3.63) is 0 Å². The third-order valence-electron chi connectivity index (χ3n) is 0.455. The molecule has 0 saturated carbocycles. The third kappa shape index (κ3) is 12.5. The molecule has 0 unspecified atom stereocenters.